The lowest BCUT2D eigenvalue weighted by Crippen LogP contribution is -2.21. The van der Waals surface area contributed by atoms with Crippen LogP contribution in [0, 0.1) is 0 Å². The largest absolute Gasteiger partial charge is 0.387 e. The van der Waals surface area contributed by atoms with Gasteiger partial charge in [-0.25, -0.2) is 0 Å². The van der Waals surface area contributed by atoms with Crippen LogP contribution < -0.4 is 5.32 Å². The highest BCUT2D eigenvalue weighted by Gasteiger charge is 2.07. The zero-order chi connectivity index (χ0) is 12.1. The molecule has 0 aliphatic carbocycles. The van der Waals surface area contributed by atoms with E-state index in [1.54, 1.807) is 24.3 Å². The number of nitrogens with one attached hydrogen (secondary N) is 1. The van der Waals surface area contributed by atoms with Crippen molar-refractivity contribution in [1.29, 1.82) is 0 Å². The van der Waals surface area contributed by atoms with E-state index >= 15 is 0 Å². The minimum absolute atomic E-state index is 0.413. The van der Waals surface area contributed by atoms with Crippen LogP contribution in [0.2, 0.25) is 5.02 Å². The summed E-state index contributed by atoms with van der Waals surface area (Å²) in [5.74, 6) is 0.563. The number of aliphatic hydroxyl groups excluding tert-OH is 1. The summed E-state index contributed by atoms with van der Waals surface area (Å²) in [6.07, 6.45) is 0.686. The highest BCUT2D eigenvalue weighted by Crippen LogP contribution is 2.15. The number of nitrogens with zero attached hydrogens (tertiary/aromatic N) is 2. The van der Waals surface area contributed by atoms with Crippen molar-refractivity contribution >= 4 is 11.6 Å². The minimum Gasteiger partial charge on any atom is -0.387 e. The predicted octanol–water partition coefficient (Wildman–Crippen LogP) is 1.55. The summed E-state index contributed by atoms with van der Waals surface area (Å²) in [6.45, 7) is 0.872. The third kappa shape index (κ3) is 3.52. The molecule has 0 fully saturated rings. The number of hydrogen-bond donors (Lipinski definition) is 2. The molecule has 1 unspecified atom stereocenters. The highest BCUT2D eigenvalue weighted by atomic mass is 35.5. The lowest BCUT2D eigenvalue weighted by atomic mass is 10.1. The third-order valence-corrected chi connectivity index (χ3v) is 2.53. The first-order valence-electron chi connectivity index (χ1n) is 5.15. The summed E-state index contributed by atoms with van der Waals surface area (Å²) in [7, 11) is 0. The molecule has 0 aliphatic rings. The van der Waals surface area contributed by atoms with Crippen LogP contribution in [-0.4, -0.2) is 21.8 Å². The van der Waals surface area contributed by atoms with E-state index in [2.05, 4.69) is 20.0 Å². The fourth-order valence-corrected chi connectivity index (χ4v) is 1.52. The van der Waals surface area contributed by atoms with Crippen molar-refractivity contribution in [2.75, 3.05) is 6.54 Å². The summed E-state index contributed by atoms with van der Waals surface area (Å²) in [6, 6.07) is 7.09. The topological polar surface area (TPSA) is 71.2 Å². The molecule has 0 spiro atoms. The van der Waals surface area contributed by atoms with E-state index < -0.39 is 6.10 Å². The Bertz CT molecular complexity index is 444. The molecule has 0 saturated carbocycles. The van der Waals surface area contributed by atoms with E-state index in [0.717, 1.165) is 5.56 Å². The Morgan fingerprint density at radius 1 is 1.35 bits per heavy atom. The predicted molar refractivity (Wildman–Crippen MR) is 62.4 cm³/mol. The zero-order valence-corrected chi connectivity index (χ0v) is 9.76. The van der Waals surface area contributed by atoms with Gasteiger partial charge in [0.2, 0.25) is 6.39 Å². The van der Waals surface area contributed by atoms with Gasteiger partial charge in [-0.3, -0.25) is 0 Å². The van der Waals surface area contributed by atoms with Gasteiger partial charge in [0.15, 0.2) is 5.82 Å². The van der Waals surface area contributed by atoms with Gasteiger partial charge in [-0.05, 0) is 17.7 Å². The van der Waals surface area contributed by atoms with Crippen LogP contribution in [0.3, 0.4) is 0 Å². The fraction of sp³-hybridized carbons (Fsp3) is 0.273. The number of aliphatic hydroxyl groups is 1. The summed E-state index contributed by atoms with van der Waals surface area (Å²) < 4.78 is 4.59. The quantitative estimate of drug-likeness (QED) is 0.846. The van der Waals surface area contributed by atoms with Crippen molar-refractivity contribution < 1.29 is 9.63 Å². The van der Waals surface area contributed by atoms with Gasteiger partial charge >= 0.3 is 0 Å². The Hall–Kier alpha value is -1.43. The summed E-state index contributed by atoms with van der Waals surface area (Å²) >= 11 is 5.76. The molecule has 2 rings (SSSR count). The first-order chi connectivity index (χ1) is 8.25. The van der Waals surface area contributed by atoms with Crippen molar-refractivity contribution in [2.45, 2.75) is 12.6 Å². The average Bonchev–Trinajstić information content (AvgIpc) is 2.83. The summed E-state index contributed by atoms with van der Waals surface area (Å²) in [5.41, 5.74) is 0.815. The smallest absolute Gasteiger partial charge is 0.213 e. The first-order valence-corrected chi connectivity index (χ1v) is 5.53. The van der Waals surface area contributed by atoms with E-state index in [0.29, 0.717) is 23.9 Å². The van der Waals surface area contributed by atoms with Crippen LogP contribution in [-0.2, 0) is 6.54 Å². The zero-order valence-electron chi connectivity index (χ0n) is 9.01. The van der Waals surface area contributed by atoms with Gasteiger partial charge in [0, 0.05) is 11.6 Å². The molecule has 5 nitrogen and oxygen atoms in total. The normalized spacial score (nSPS) is 12.6. The molecular weight excluding hydrogens is 242 g/mol. The molecule has 1 atom stereocenters. The van der Waals surface area contributed by atoms with Gasteiger partial charge in [-0.1, -0.05) is 28.9 Å². The van der Waals surface area contributed by atoms with Gasteiger partial charge in [-0.2, -0.15) is 4.98 Å². The summed E-state index contributed by atoms with van der Waals surface area (Å²) in [5, 5.41) is 17.2. The molecule has 17 heavy (non-hydrogen) atoms. The Kier molecular flexibility index (Phi) is 4.08. The minimum atomic E-state index is -0.584. The Balaban J connectivity index is 1.81. The molecule has 0 bridgehead atoms. The molecule has 2 aromatic rings. The molecule has 0 radical (unpaired) electrons. The second-order valence-electron chi connectivity index (χ2n) is 3.55. The lowest BCUT2D eigenvalue weighted by molar-refractivity contribution is 0.174. The van der Waals surface area contributed by atoms with Crippen molar-refractivity contribution in [3.05, 3.63) is 47.1 Å². The molecule has 0 saturated heterocycles. The average molecular weight is 254 g/mol. The first kappa shape index (κ1) is 12.0. The molecule has 1 aromatic heterocycles. The van der Waals surface area contributed by atoms with Crippen LogP contribution in [0.25, 0.3) is 0 Å². The third-order valence-electron chi connectivity index (χ3n) is 2.28. The lowest BCUT2D eigenvalue weighted by Gasteiger charge is -2.11. The molecular formula is C11H12ClN3O2. The van der Waals surface area contributed by atoms with Crippen LogP contribution in [0.1, 0.15) is 17.5 Å². The number of hydrogen-bond acceptors (Lipinski definition) is 5. The fourth-order valence-electron chi connectivity index (χ4n) is 1.39. The second-order valence-corrected chi connectivity index (χ2v) is 3.98. The van der Waals surface area contributed by atoms with E-state index in [1.165, 1.54) is 6.39 Å². The maximum absolute atomic E-state index is 9.87. The number of rotatable bonds is 5. The van der Waals surface area contributed by atoms with Crippen molar-refractivity contribution in [2.24, 2.45) is 0 Å². The molecule has 6 heteroatoms. The molecule has 2 N–H and O–H groups in total. The molecule has 0 amide bonds. The van der Waals surface area contributed by atoms with Gasteiger partial charge < -0.3 is 14.9 Å². The molecule has 90 valence electrons. The van der Waals surface area contributed by atoms with Crippen molar-refractivity contribution in [1.82, 2.24) is 15.5 Å². The van der Waals surface area contributed by atoms with Gasteiger partial charge in [0.1, 0.15) is 0 Å². The number of benzene rings is 1. The molecule has 0 aliphatic heterocycles. The summed E-state index contributed by atoms with van der Waals surface area (Å²) in [4.78, 5) is 3.86. The van der Waals surface area contributed by atoms with Crippen LogP contribution >= 0.6 is 11.6 Å². The van der Waals surface area contributed by atoms with E-state index in [-0.39, 0.29) is 0 Å². The Morgan fingerprint density at radius 2 is 2.12 bits per heavy atom. The Morgan fingerprint density at radius 3 is 2.76 bits per heavy atom. The standard InChI is InChI=1S/C11H12ClN3O2/c12-9-3-1-8(2-4-9)10(16)5-13-6-11-14-7-17-15-11/h1-4,7,10,13,16H,5-6H2. The maximum atomic E-state index is 9.87. The SMILES string of the molecule is OC(CNCc1ncon1)c1ccc(Cl)cc1. The van der Waals surface area contributed by atoms with E-state index in [1.807, 2.05) is 0 Å². The molecule has 1 aromatic carbocycles. The highest BCUT2D eigenvalue weighted by molar-refractivity contribution is 6.30. The van der Waals surface area contributed by atoms with Crippen LogP contribution in [0.5, 0.6) is 0 Å². The van der Waals surface area contributed by atoms with Gasteiger partial charge in [0.05, 0.1) is 12.6 Å². The number of halogens is 1. The van der Waals surface area contributed by atoms with Gasteiger partial charge in [0.25, 0.3) is 0 Å². The second kappa shape index (κ2) is 5.77. The maximum Gasteiger partial charge on any atom is 0.213 e. The number of aromatic nitrogens is 2. The van der Waals surface area contributed by atoms with Crippen LogP contribution in [0.15, 0.2) is 35.2 Å². The monoisotopic (exact) mass is 253 g/mol. The Labute approximate surface area is 103 Å². The van der Waals surface area contributed by atoms with Crippen LogP contribution in [0.4, 0.5) is 0 Å². The van der Waals surface area contributed by atoms with Crippen molar-refractivity contribution in [3.8, 4) is 0 Å². The van der Waals surface area contributed by atoms with E-state index in [9.17, 15) is 5.11 Å². The van der Waals surface area contributed by atoms with E-state index in [4.69, 9.17) is 11.6 Å². The molecule has 1 heterocycles. The van der Waals surface area contributed by atoms with Gasteiger partial charge in [-0.15, -0.1) is 0 Å². The van der Waals surface area contributed by atoms with Crippen molar-refractivity contribution in [3.63, 3.8) is 0 Å².